The molecule has 0 radical (unpaired) electrons. The Morgan fingerprint density at radius 3 is 2.72 bits per heavy atom. The van der Waals surface area contributed by atoms with Crippen molar-refractivity contribution in [3.63, 3.8) is 0 Å². The highest BCUT2D eigenvalue weighted by Gasteiger charge is 2.16. The molecule has 5 nitrogen and oxygen atoms in total. The molecule has 6 heteroatoms. The fourth-order valence-corrected chi connectivity index (χ4v) is 2.44. The van der Waals surface area contributed by atoms with Gasteiger partial charge in [0.1, 0.15) is 18.0 Å². The average Bonchev–Trinajstić information content (AvgIpc) is 2.80. The zero-order valence-corrected chi connectivity index (χ0v) is 11.6. The van der Waals surface area contributed by atoms with Crippen LogP contribution in [-0.4, -0.2) is 22.0 Å². The lowest BCUT2D eigenvalue weighted by Gasteiger charge is -2.22. The molecule has 0 bridgehead atoms. The van der Waals surface area contributed by atoms with Crippen molar-refractivity contribution >= 4 is 23.0 Å². The molecule has 0 spiro atoms. The minimum Gasteiger partial charge on any atom is -0.383 e. The van der Waals surface area contributed by atoms with Crippen molar-refractivity contribution in [3.8, 4) is 0 Å². The first-order chi connectivity index (χ1) is 8.59. The van der Waals surface area contributed by atoms with Gasteiger partial charge in [-0.3, -0.25) is 0 Å². The van der Waals surface area contributed by atoms with E-state index in [-0.39, 0.29) is 0 Å². The van der Waals surface area contributed by atoms with Crippen LogP contribution in [0.1, 0.15) is 31.0 Å². The summed E-state index contributed by atoms with van der Waals surface area (Å²) in [7, 11) is 1.99. The lowest BCUT2D eigenvalue weighted by Crippen LogP contribution is -2.21. The molecule has 0 aliphatic heterocycles. The summed E-state index contributed by atoms with van der Waals surface area (Å²) >= 11 is 1.60. The number of rotatable bonds is 4. The number of nitrogens with two attached hydrogens (primary N) is 1. The Morgan fingerprint density at radius 2 is 2.11 bits per heavy atom. The van der Waals surface area contributed by atoms with E-state index in [0.29, 0.717) is 11.7 Å². The Balaban J connectivity index is 2.29. The zero-order chi connectivity index (χ0) is 13.1. The molecule has 2 aromatic rings. The standard InChI is InChI=1S/C12H17N5S/c1-8(2)10-11(13)14-6-15-12(10)17(3)4-9-5-18-7-16-9/h5-8H,4H2,1-3H3,(H2,13,14,15). The molecule has 2 heterocycles. The number of anilines is 2. The molecule has 0 saturated carbocycles. The molecule has 0 aromatic carbocycles. The van der Waals surface area contributed by atoms with E-state index in [1.165, 1.54) is 6.33 Å². The van der Waals surface area contributed by atoms with Gasteiger partial charge in [-0.25, -0.2) is 15.0 Å². The predicted octanol–water partition coefficient (Wildman–Crippen LogP) is 2.28. The third-order valence-corrected chi connectivity index (χ3v) is 3.35. The molecule has 0 atom stereocenters. The summed E-state index contributed by atoms with van der Waals surface area (Å²) in [5, 5.41) is 2.04. The molecule has 2 aromatic heterocycles. The summed E-state index contributed by atoms with van der Waals surface area (Å²) < 4.78 is 0. The summed E-state index contributed by atoms with van der Waals surface area (Å²) in [6, 6.07) is 0. The van der Waals surface area contributed by atoms with Crippen LogP contribution >= 0.6 is 11.3 Å². The smallest absolute Gasteiger partial charge is 0.137 e. The van der Waals surface area contributed by atoms with Crippen LogP contribution in [0.4, 0.5) is 11.6 Å². The normalized spacial score (nSPS) is 10.9. The largest absolute Gasteiger partial charge is 0.383 e. The number of nitrogens with zero attached hydrogens (tertiary/aromatic N) is 4. The van der Waals surface area contributed by atoms with Gasteiger partial charge in [-0.05, 0) is 5.92 Å². The highest BCUT2D eigenvalue weighted by molar-refractivity contribution is 7.07. The number of hydrogen-bond acceptors (Lipinski definition) is 6. The van der Waals surface area contributed by atoms with E-state index >= 15 is 0 Å². The molecule has 2 rings (SSSR count). The SMILES string of the molecule is CC(C)c1c(N)ncnc1N(C)Cc1cscn1. The second-order valence-corrected chi connectivity index (χ2v) is 5.21. The van der Waals surface area contributed by atoms with E-state index < -0.39 is 0 Å². The maximum absolute atomic E-state index is 5.94. The second kappa shape index (κ2) is 5.30. The van der Waals surface area contributed by atoms with Crippen LogP contribution in [0.25, 0.3) is 0 Å². The van der Waals surface area contributed by atoms with Crippen LogP contribution < -0.4 is 10.6 Å². The molecule has 96 valence electrons. The van der Waals surface area contributed by atoms with Crippen molar-refractivity contribution in [1.29, 1.82) is 0 Å². The summed E-state index contributed by atoms with van der Waals surface area (Å²) in [4.78, 5) is 14.8. The van der Waals surface area contributed by atoms with Crippen LogP contribution in [0.2, 0.25) is 0 Å². The Labute approximate surface area is 111 Å². The fourth-order valence-electron chi connectivity index (χ4n) is 1.89. The first-order valence-corrected chi connectivity index (χ1v) is 6.72. The first kappa shape index (κ1) is 12.8. The maximum atomic E-state index is 5.94. The van der Waals surface area contributed by atoms with Gasteiger partial charge >= 0.3 is 0 Å². The lowest BCUT2D eigenvalue weighted by molar-refractivity contribution is 0.805. The van der Waals surface area contributed by atoms with E-state index in [4.69, 9.17) is 5.73 Å². The molecule has 18 heavy (non-hydrogen) atoms. The summed E-state index contributed by atoms with van der Waals surface area (Å²) in [5.74, 6) is 1.73. The maximum Gasteiger partial charge on any atom is 0.137 e. The summed E-state index contributed by atoms with van der Waals surface area (Å²) in [6.45, 7) is 4.91. The van der Waals surface area contributed by atoms with Gasteiger partial charge in [-0.15, -0.1) is 11.3 Å². The van der Waals surface area contributed by atoms with E-state index in [2.05, 4.69) is 33.7 Å². The van der Waals surface area contributed by atoms with Crippen LogP contribution in [0.5, 0.6) is 0 Å². The topological polar surface area (TPSA) is 67.9 Å². The molecule has 0 fully saturated rings. The predicted molar refractivity (Wildman–Crippen MR) is 74.8 cm³/mol. The van der Waals surface area contributed by atoms with Crippen LogP contribution in [-0.2, 0) is 6.54 Å². The summed E-state index contributed by atoms with van der Waals surface area (Å²) in [5.41, 5.74) is 9.81. The van der Waals surface area contributed by atoms with Crippen molar-refractivity contribution in [2.45, 2.75) is 26.3 Å². The van der Waals surface area contributed by atoms with Gasteiger partial charge in [0.15, 0.2) is 0 Å². The minimum absolute atomic E-state index is 0.291. The van der Waals surface area contributed by atoms with Crippen molar-refractivity contribution in [3.05, 3.63) is 28.5 Å². The molecule has 2 N–H and O–H groups in total. The van der Waals surface area contributed by atoms with Crippen molar-refractivity contribution in [2.24, 2.45) is 0 Å². The molecule has 0 amide bonds. The Morgan fingerprint density at radius 1 is 1.33 bits per heavy atom. The van der Waals surface area contributed by atoms with Gasteiger partial charge in [0.05, 0.1) is 17.7 Å². The Kier molecular flexibility index (Phi) is 3.76. The van der Waals surface area contributed by atoms with Crippen molar-refractivity contribution < 1.29 is 0 Å². The zero-order valence-electron chi connectivity index (χ0n) is 10.8. The molecular weight excluding hydrogens is 246 g/mol. The average molecular weight is 263 g/mol. The third-order valence-electron chi connectivity index (χ3n) is 2.72. The van der Waals surface area contributed by atoms with Gasteiger partial charge in [0, 0.05) is 18.0 Å². The van der Waals surface area contributed by atoms with Crippen LogP contribution in [0.3, 0.4) is 0 Å². The molecular formula is C12H17N5S. The van der Waals surface area contributed by atoms with Crippen LogP contribution in [0, 0.1) is 0 Å². The number of aromatic nitrogens is 3. The second-order valence-electron chi connectivity index (χ2n) is 4.49. The van der Waals surface area contributed by atoms with Gasteiger partial charge < -0.3 is 10.6 Å². The number of hydrogen-bond donors (Lipinski definition) is 1. The van der Waals surface area contributed by atoms with Crippen LogP contribution in [0.15, 0.2) is 17.2 Å². The van der Waals surface area contributed by atoms with Gasteiger partial charge in [0.2, 0.25) is 0 Å². The quantitative estimate of drug-likeness (QED) is 0.916. The van der Waals surface area contributed by atoms with E-state index in [0.717, 1.165) is 23.6 Å². The minimum atomic E-state index is 0.291. The van der Waals surface area contributed by atoms with Gasteiger partial charge in [-0.1, -0.05) is 13.8 Å². The highest BCUT2D eigenvalue weighted by atomic mass is 32.1. The highest BCUT2D eigenvalue weighted by Crippen LogP contribution is 2.29. The first-order valence-electron chi connectivity index (χ1n) is 5.78. The van der Waals surface area contributed by atoms with E-state index in [9.17, 15) is 0 Å². The third kappa shape index (κ3) is 2.59. The van der Waals surface area contributed by atoms with E-state index in [1.807, 2.05) is 17.9 Å². The number of nitrogen functional groups attached to an aromatic ring is 1. The molecule has 0 aliphatic carbocycles. The molecule has 0 saturated heterocycles. The van der Waals surface area contributed by atoms with E-state index in [1.54, 1.807) is 11.3 Å². The van der Waals surface area contributed by atoms with Gasteiger partial charge in [0.25, 0.3) is 0 Å². The Bertz CT molecular complexity index is 509. The molecule has 0 unspecified atom stereocenters. The number of thiazole rings is 1. The van der Waals surface area contributed by atoms with Gasteiger partial charge in [-0.2, -0.15) is 0 Å². The van der Waals surface area contributed by atoms with Crippen molar-refractivity contribution in [2.75, 3.05) is 17.7 Å². The lowest BCUT2D eigenvalue weighted by atomic mass is 10.0. The Hall–Kier alpha value is -1.69. The van der Waals surface area contributed by atoms with Crippen molar-refractivity contribution in [1.82, 2.24) is 15.0 Å². The monoisotopic (exact) mass is 263 g/mol. The fraction of sp³-hybridized carbons (Fsp3) is 0.417. The molecule has 0 aliphatic rings. The summed E-state index contributed by atoms with van der Waals surface area (Å²) in [6.07, 6.45) is 1.51.